The molecule has 0 saturated heterocycles. The molecule has 0 atom stereocenters. The van der Waals surface area contributed by atoms with Crippen molar-refractivity contribution in [2.75, 3.05) is 17.6 Å². The van der Waals surface area contributed by atoms with Crippen molar-refractivity contribution >= 4 is 27.9 Å². The number of nitrogens with one attached hydrogen (secondary N) is 2. The second-order valence-electron chi connectivity index (χ2n) is 5.44. The van der Waals surface area contributed by atoms with Crippen LogP contribution < -0.4 is 21.1 Å². The molecule has 0 aromatic carbocycles. The topological polar surface area (TPSA) is 76.4 Å². The van der Waals surface area contributed by atoms with Crippen molar-refractivity contribution in [3.05, 3.63) is 17.5 Å². The molecule has 1 amide bonds. The second kappa shape index (κ2) is 6.85. The van der Waals surface area contributed by atoms with Gasteiger partial charge in [0, 0.05) is 12.6 Å². The summed E-state index contributed by atoms with van der Waals surface area (Å²) in [6.45, 7) is 7.90. The maximum atomic E-state index is 12.1. The summed E-state index contributed by atoms with van der Waals surface area (Å²) in [5, 5.41) is 7.05. The Morgan fingerprint density at radius 3 is 2.81 bits per heavy atom. The predicted molar refractivity (Wildman–Crippen MR) is 88.3 cm³/mol. The summed E-state index contributed by atoms with van der Waals surface area (Å²) in [6.07, 6.45) is 5.19. The summed E-state index contributed by atoms with van der Waals surface area (Å²) in [4.78, 5) is 12.6. The van der Waals surface area contributed by atoms with Crippen LogP contribution in [0.5, 0.6) is 5.75 Å². The van der Waals surface area contributed by atoms with E-state index in [1.165, 1.54) is 17.8 Å². The summed E-state index contributed by atoms with van der Waals surface area (Å²) in [5.41, 5.74) is 6.53. The third-order valence-corrected chi connectivity index (χ3v) is 4.42. The van der Waals surface area contributed by atoms with E-state index in [0.29, 0.717) is 28.9 Å². The van der Waals surface area contributed by atoms with E-state index in [1.54, 1.807) is 6.08 Å². The van der Waals surface area contributed by atoms with Gasteiger partial charge in [-0.2, -0.15) is 0 Å². The van der Waals surface area contributed by atoms with Gasteiger partial charge in [-0.3, -0.25) is 4.79 Å². The van der Waals surface area contributed by atoms with Crippen molar-refractivity contribution in [3.8, 4) is 5.75 Å². The van der Waals surface area contributed by atoms with Gasteiger partial charge in [-0.25, -0.2) is 0 Å². The molecule has 1 heterocycles. The summed E-state index contributed by atoms with van der Waals surface area (Å²) in [6, 6.07) is 0.460. The molecule has 5 nitrogen and oxygen atoms in total. The third-order valence-electron chi connectivity index (χ3n) is 3.31. The first-order chi connectivity index (χ1) is 10.0. The quantitative estimate of drug-likeness (QED) is 0.677. The molecule has 1 aliphatic rings. The van der Waals surface area contributed by atoms with Crippen molar-refractivity contribution in [2.24, 2.45) is 0 Å². The highest BCUT2D eigenvalue weighted by atomic mass is 32.1. The van der Waals surface area contributed by atoms with E-state index < -0.39 is 0 Å². The summed E-state index contributed by atoms with van der Waals surface area (Å²) < 4.78 is 5.80. The maximum absolute atomic E-state index is 12.1. The highest BCUT2D eigenvalue weighted by molar-refractivity contribution is 7.19. The van der Waals surface area contributed by atoms with Gasteiger partial charge < -0.3 is 21.1 Å². The van der Waals surface area contributed by atoms with E-state index >= 15 is 0 Å². The van der Waals surface area contributed by atoms with E-state index in [0.717, 1.165) is 17.8 Å². The van der Waals surface area contributed by atoms with Crippen molar-refractivity contribution in [2.45, 2.75) is 45.3 Å². The van der Waals surface area contributed by atoms with Crippen molar-refractivity contribution in [3.63, 3.8) is 0 Å². The third kappa shape index (κ3) is 3.69. The van der Waals surface area contributed by atoms with Crippen molar-refractivity contribution in [1.82, 2.24) is 5.32 Å². The first-order valence-corrected chi connectivity index (χ1v) is 8.09. The number of rotatable bonds is 7. The van der Waals surface area contributed by atoms with Gasteiger partial charge in [0.25, 0.3) is 5.91 Å². The van der Waals surface area contributed by atoms with Gasteiger partial charge in [0.05, 0.1) is 6.10 Å². The average molecular weight is 309 g/mol. The van der Waals surface area contributed by atoms with Crippen LogP contribution in [0.25, 0.3) is 0 Å². The van der Waals surface area contributed by atoms with Crippen LogP contribution in [0.2, 0.25) is 0 Å². The predicted octanol–water partition coefficient (Wildman–Crippen LogP) is 3.00. The van der Waals surface area contributed by atoms with E-state index in [-0.39, 0.29) is 12.0 Å². The monoisotopic (exact) mass is 309 g/mol. The number of hydrogen-bond donors (Lipinski definition) is 3. The Balaban J connectivity index is 2.23. The lowest BCUT2D eigenvalue weighted by Crippen LogP contribution is -2.26. The van der Waals surface area contributed by atoms with Gasteiger partial charge >= 0.3 is 0 Å². The zero-order valence-corrected chi connectivity index (χ0v) is 13.4. The van der Waals surface area contributed by atoms with Crippen LogP contribution >= 0.6 is 11.3 Å². The molecule has 0 spiro atoms. The molecule has 0 bridgehead atoms. The average Bonchev–Trinajstić information content (AvgIpc) is 2.68. The molecule has 0 aliphatic heterocycles. The van der Waals surface area contributed by atoms with Gasteiger partial charge in [-0.15, -0.1) is 17.9 Å². The molecule has 1 aliphatic carbocycles. The highest BCUT2D eigenvalue weighted by Crippen LogP contribution is 2.44. The number of carbonyl (C=O) groups excluding carboxylic acids is 1. The first-order valence-electron chi connectivity index (χ1n) is 7.27. The molecule has 4 N–H and O–H groups in total. The number of nitrogens with two attached hydrogens (primary N) is 1. The van der Waals surface area contributed by atoms with Crippen molar-refractivity contribution in [1.29, 1.82) is 0 Å². The van der Waals surface area contributed by atoms with Gasteiger partial charge in [-0.05, 0) is 33.1 Å². The SMILES string of the molecule is C=CCNC(=O)c1sc(NC2CCC2)c(OC(C)C)c1N. The molecular formula is C15H23N3O2S. The Morgan fingerprint density at radius 1 is 1.57 bits per heavy atom. The normalized spacial score (nSPS) is 14.6. The lowest BCUT2D eigenvalue weighted by molar-refractivity contribution is 0.0962. The number of hydrogen-bond acceptors (Lipinski definition) is 5. The lowest BCUT2D eigenvalue weighted by atomic mass is 9.93. The van der Waals surface area contributed by atoms with Crippen LogP contribution in [0.4, 0.5) is 10.7 Å². The van der Waals surface area contributed by atoms with E-state index in [4.69, 9.17) is 10.5 Å². The largest absolute Gasteiger partial charge is 0.486 e. The number of nitrogen functional groups attached to an aromatic ring is 1. The fraction of sp³-hybridized carbons (Fsp3) is 0.533. The Hall–Kier alpha value is -1.69. The highest BCUT2D eigenvalue weighted by Gasteiger charge is 2.26. The van der Waals surface area contributed by atoms with Crippen LogP contribution in [-0.2, 0) is 0 Å². The molecule has 21 heavy (non-hydrogen) atoms. The molecular weight excluding hydrogens is 286 g/mol. The molecule has 0 unspecified atom stereocenters. The molecule has 6 heteroatoms. The Morgan fingerprint density at radius 2 is 2.29 bits per heavy atom. The molecule has 0 radical (unpaired) electrons. The number of ether oxygens (including phenoxy) is 1. The van der Waals surface area contributed by atoms with E-state index in [9.17, 15) is 4.79 Å². The fourth-order valence-corrected chi connectivity index (χ4v) is 3.08. The molecule has 1 aromatic rings. The zero-order valence-electron chi connectivity index (χ0n) is 12.6. The molecule has 1 fully saturated rings. The summed E-state index contributed by atoms with van der Waals surface area (Å²) in [5.74, 6) is 0.415. The molecule has 2 rings (SSSR count). The number of anilines is 2. The molecule has 1 saturated carbocycles. The standard InChI is InChI=1S/C15H23N3O2S/c1-4-8-17-14(19)13-11(16)12(20-9(2)3)15(21-13)18-10-6-5-7-10/h4,9-10,18H,1,5-8,16H2,2-3H3,(H,17,19). The van der Waals surface area contributed by atoms with E-state index in [1.807, 2.05) is 13.8 Å². The van der Waals surface area contributed by atoms with Crippen molar-refractivity contribution < 1.29 is 9.53 Å². The first kappa shape index (κ1) is 15.7. The fourth-order valence-electron chi connectivity index (χ4n) is 2.03. The molecule has 1 aromatic heterocycles. The van der Waals surface area contributed by atoms with Crippen LogP contribution in [-0.4, -0.2) is 24.6 Å². The van der Waals surface area contributed by atoms with Crippen LogP contribution in [0, 0.1) is 0 Å². The van der Waals surface area contributed by atoms with Gasteiger partial charge in [0.2, 0.25) is 0 Å². The zero-order chi connectivity index (χ0) is 15.4. The van der Waals surface area contributed by atoms with Crippen LogP contribution in [0.15, 0.2) is 12.7 Å². The Kier molecular flexibility index (Phi) is 5.12. The number of carbonyl (C=O) groups is 1. The van der Waals surface area contributed by atoms with Gasteiger partial charge in [0.15, 0.2) is 5.75 Å². The minimum absolute atomic E-state index is 0.00734. The smallest absolute Gasteiger partial charge is 0.263 e. The second-order valence-corrected chi connectivity index (χ2v) is 6.46. The van der Waals surface area contributed by atoms with Crippen LogP contribution in [0.1, 0.15) is 42.8 Å². The molecule has 116 valence electrons. The van der Waals surface area contributed by atoms with Gasteiger partial charge in [0.1, 0.15) is 15.6 Å². The van der Waals surface area contributed by atoms with Gasteiger partial charge in [-0.1, -0.05) is 6.08 Å². The summed E-state index contributed by atoms with van der Waals surface area (Å²) in [7, 11) is 0. The minimum atomic E-state index is -0.187. The minimum Gasteiger partial charge on any atom is -0.486 e. The number of amides is 1. The number of thiophene rings is 1. The lowest BCUT2D eigenvalue weighted by Gasteiger charge is -2.27. The van der Waals surface area contributed by atoms with Crippen LogP contribution in [0.3, 0.4) is 0 Å². The van der Waals surface area contributed by atoms with E-state index in [2.05, 4.69) is 17.2 Å². The Labute approximate surface area is 129 Å². The summed E-state index contributed by atoms with van der Waals surface area (Å²) >= 11 is 1.36. The Bertz CT molecular complexity index is 521. The maximum Gasteiger partial charge on any atom is 0.263 e.